The molecule has 0 amide bonds. The summed E-state index contributed by atoms with van der Waals surface area (Å²) in [4.78, 5) is 5.48. The molecule has 0 saturated heterocycles. The number of thiazole rings is 1. The molecule has 3 rings (SSSR count). The second-order valence-electron chi connectivity index (χ2n) is 4.53. The van der Waals surface area contributed by atoms with E-state index in [4.69, 9.17) is 5.73 Å². The normalized spacial score (nSPS) is 13.5. The second kappa shape index (κ2) is 4.35. The van der Waals surface area contributed by atoms with E-state index in [1.807, 2.05) is 19.2 Å². The summed E-state index contributed by atoms with van der Waals surface area (Å²) in [6.07, 6.45) is 2.18. The summed E-state index contributed by atoms with van der Waals surface area (Å²) in [6.45, 7) is 2.29. The number of nitrogens with two attached hydrogens (primary N) is 1. The molecule has 0 bridgehead atoms. The van der Waals surface area contributed by atoms with Crippen LogP contribution in [0.25, 0.3) is 15.2 Å². The lowest BCUT2D eigenvalue weighted by Gasteiger charge is -2.07. The van der Waals surface area contributed by atoms with Gasteiger partial charge in [0, 0.05) is 12.7 Å². The number of aliphatic hydroxyl groups excluding tert-OH is 1. The monoisotopic (exact) mass is 261 g/mol. The van der Waals surface area contributed by atoms with Gasteiger partial charge in [-0.15, -0.1) is 0 Å². The highest BCUT2D eigenvalue weighted by molar-refractivity contribution is 7.23. The van der Waals surface area contributed by atoms with E-state index in [9.17, 15) is 5.11 Å². The van der Waals surface area contributed by atoms with Crippen molar-refractivity contribution in [3.05, 3.63) is 35.7 Å². The Bertz CT molecular complexity index is 701. The summed E-state index contributed by atoms with van der Waals surface area (Å²) >= 11 is 1.67. The van der Waals surface area contributed by atoms with Gasteiger partial charge >= 0.3 is 0 Å². The van der Waals surface area contributed by atoms with E-state index in [2.05, 4.69) is 21.5 Å². The highest BCUT2D eigenvalue weighted by Gasteiger charge is 2.09. The minimum absolute atomic E-state index is 0.297. The van der Waals surface area contributed by atoms with Gasteiger partial charge < -0.3 is 10.8 Å². The van der Waals surface area contributed by atoms with Crippen LogP contribution < -0.4 is 5.73 Å². The van der Waals surface area contributed by atoms with Crippen LogP contribution in [0.15, 0.2) is 24.4 Å². The Labute approximate surface area is 109 Å². The third kappa shape index (κ3) is 1.90. The highest BCUT2D eigenvalue weighted by Crippen LogP contribution is 2.27. The molecule has 2 heterocycles. The molecule has 0 aliphatic carbocycles. The summed E-state index contributed by atoms with van der Waals surface area (Å²) in [5, 5.41) is 9.58. The number of hydrogen-bond acceptors (Lipinski definition) is 4. The standard InChI is InChI=1S/C13H15N3OS/c1-8-7-16-11-3-2-9(4-10(17)6-14)5-12(11)18-13(16)15-8/h2-3,5,7,10,17H,4,6,14H2,1H3. The molecule has 2 aromatic heterocycles. The van der Waals surface area contributed by atoms with Gasteiger partial charge in [0.15, 0.2) is 4.96 Å². The smallest absolute Gasteiger partial charge is 0.194 e. The lowest BCUT2D eigenvalue weighted by molar-refractivity contribution is 0.183. The number of aryl methyl sites for hydroxylation is 1. The topological polar surface area (TPSA) is 63.5 Å². The van der Waals surface area contributed by atoms with Crippen molar-refractivity contribution >= 4 is 26.5 Å². The van der Waals surface area contributed by atoms with Gasteiger partial charge in [0.1, 0.15) is 0 Å². The zero-order chi connectivity index (χ0) is 12.7. The molecule has 3 aromatic rings. The number of imidazole rings is 1. The van der Waals surface area contributed by atoms with Crippen molar-refractivity contribution in [2.75, 3.05) is 6.54 Å². The molecule has 94 valence electrons. The van der Waals surface area contributed by atoms with Crippen molar-refractivity contribution in [1.29, 1.82) is 0 Å². The van der Waals surface area contributed by atoms with Crippen LogP contribution in [0.1, 0.15) is 11.3 Å². The van der Waals surface area contributed by atoms with Crippen molar-refractivity contribution in [1.82, 2.24) is 9.38 Å². The van der Waals surface area contributed by atoms with Crippen LogP contribution in [-0.2, 0) is 6.42 Å². The molecule has 0 spiro atoms. The number of hydrogen-bond donors (Lipinski definition) is 2. The third-order valence-electron chi connectivity index (χ3n) is 3.02. The van der Waals surface area contributed by atoms with Gasteiger partial charge in [0.2, 0.25) is 0 Å². The van der Waals surface area contributed by atoms with Crippen LogP contribution in [-0.4, -0.2) is 27.1 Å². The lowest BCUT2D eigenvalue weighted by Crippen LogP contribution is -2.21. The summed E-state index contributed by atoms with van der Waals surface area (Å²) < 4.78 is 3.30. The van der Waals surface area contributed by atoms with Crippen LogP contribution in [0, 0.1) is 6.92 Å². The van der Waals surface area contributed by atoms with Crippen LogP contribution in [0.5, 0.6) is 0 Å². The number of benzene rings is 1. The van der Waals surface area contributed by atoms with E-state index in [-0.39, 0.29) is 0 Å². The first-order valence-electron chi connectivity index (χ1n) is 5.92. The van der Waals surface area contributed by atoms with E-state index in [0.717, 1.165) is 16.2 Å². The van der Waals surface area contributed by atoms with Crippen molar-refractivity contribution in [3.8, 4) is 0 Å². The first-order valence-corrected chi connectivity index (χ1v) is 6.74. The minimum Gasteiger partial charge on any atom is -0.391 e. The van der Waals surface area contributed by atoms with Crippen LogP contribution in [0.2, 0.25) is 0 Å². The average Bonchev–Trinajstić information content (AvgIpc) is 2.84. The van der Waals surface area contributed by atoms with Crippen molar-refractivity contribution in [2.45, 2.75) is 19.4 Å². The predicted octanol–water partition coefficient (Wildman–Crippen LogP) is 1.72. The minimum atomic E-state index is -0.464. The van der Waals surface area contributed by atoms with Gasteiger partial charge in [-0.3, -0.25) is 4.40 Å². The maximum absolute atomic E-state index is 9.58. The van der Waals surface area contributed by atoms with Gasteiger partial charge in [-0.2, -0.15) is 0 Å². The Morgan fingerprint density at radius 1 is 1.50 bits per heavy atom. The SMILES string of the molecule is Cc1cn2c(n1)sc1cc(CC(O)CN)ccc12. The van der Waals surface area contributed by atoms with Gasteiger partial charge in [0.25, 0.3) is 0 Å². The molecule has 18 heavy (non-hydrogen) atoms. The number of aliphatic hydroxyl groups is 1. The van der Waals surface area contributed by atoms with Gasteiger partial charge in [-0.1, -0.05) is 17.4 Å². The molecule has 0 aliphatic rings. The fourth-order valence-corrected chi connectivity index (χ4v) is 3.26. The molecule has 0 saturated carbocycles. The molecular formula is C13H15N3OS. The van der Waals surface area contributed by atoms with E-state index >= 15 is 0 Å². The molecule has 0 radical (unpaired) electrons. The van der Waals surface area contributed by atoms with E-state index in [1.165, 1.54) is 10.2 Å². The van der Waals surface area contributed by atoms with Crippen molar-refractivity contribution in [3.63, 3.8) is 0 Å². The van der Waals surface area contributed by atoms with Gasteiger partial charge in [-0.05, 0) is 31.0 Å². The quantitative estimate of drug-likeness (QED) is 0.754. The zero-order valence-corrected chi connectivity index (χ0v) is 10.9. The molecule has 0 fully saturated rings. The summed E-state index contributed by atoms with van der Waals surface area (Å²) in [5.74, 6) is 0. The average molecular weight is 261 g/mol. The maximum Gasteiger partial charge on any atom is 0.194 e. The molecular weight excluding hydrogens is 246 g/mol. The number of aromatic nitrogens is 2. The third-order valence-corrected chi connectivity index (χ3v) is 4.04. The second-order valence-corrected chi connectivity index (χ2v) is 5.54. The Kier molecular flexibility index (Phi) is 2.81. The predicted molar refractivity (Wildman–Crippen MR) is 74.1 cm³/mol. The number of rotatable bonds is 3. The zero-order valence-electron chi connectivity index (χ0n) is 10.1. The number of nitrogens with zero attached hydrogens (tertiary/aromatic N) is 2. The largest absolute Gasteiger partial charge is 0.391 e. The Balaban J connectivity index is 2.07. The summed E-state index contributed by atoms with van der Waals surface area (Å²) in [7, 11) is 0. The first-order chi connectivity index (χ1) is 8.67. The van der Waals surface area contributed by atoms with Gasteiger partial charge in [-0.25, -0.2) is 4.98 Å². The maximum atomic E-state index is 9.58. The first kappa shape index (κ1) is 11.6. The van der Waals surface area contributed by atoms with Crippen molar-refractivity contribution < 1.29 is 5.11 Å². The van der Waals surface area contributed by atoms with E-state index < -0.39 is 6.10 Å². The number of fused-ring (bicyclic) bond motifs is 3. The Morgan fingerprint density at radius 3 is 3.11 bits per heavy atom. The lowest BCUT2D eigenvalue weighted by atomic mass is 10.1. The molecule has 1 atom stereocenters. The van der Waals surface area contributed by atoms with Crippen LogP contribution >= 0.6 is 11.3 Å². The van der Waals surface area contributed by atoms with E-state index in [1.54, 1.807) is 11.3 Å². The Morgan fingerprint density at radius 2 is 2.33 bits per heavy atom. The fourth-order valence-electron chi connectivity index (χ4n) is 2.14. The molecule has 1 aromatic carbocycles. The molecule has 0 aliphatic heterocycles. The summed E-state index contributed by atoms with van der Waals surface area (Å²) in [5.41, 5.74) is 8.75. The molecule has 1 unspecified atom stereocenters. The molecule has 5 heteroatoms. The van der Waals surface area contributed by atoms with Gasteiger partial charge in [0.05, 0.1) is 22.0 Å². The Hall–Kier alpha value is -1.43. The van der Waals surface area contributed by atoms with E-state index in [0.29, 0.717) is 13.0 Å². The van der Waals surface area contributed by atoms with Crippen LogP contribution in [0.3, 0.4) is 0 Å². The molecule has 4 nitrogen and oxygen atoms in total. The summed E-state index contributed by atoms with van der Waals surface area (Å²) in [6, 6.07) is 6.24. The molecule has 3 N–H and O–H groups in total. The van der Waals surface area contributed by atoms with Crippen LogP contribution in [0.4, 0.5) is 0 Å². The van der Waals surface area contributed by atoms with Crippen molar-refractivity contribution in [2.24, 2.45) is 5.73 Å². The fraction of sp³-hybridized carbons (Fsp3) is 0.308. The highest BCUT2D eigenvalue weighted by atomic mass is 32.1.